The molecule has 2 rings (SSSR count). The van der Waals surface area contributed by atoms with E-state index in [1.807, 2.05) is 38.1 Å². The Bertz CT molecular complexity index is 492. The molecular weight excluding hydrogens is 288 g/mol. The molecule has 0 bridgehead atoms. The zero-order valence-corrected chi connectivity index (χ0v) is 14.6. The summed E-state index contributed by atoms with van der Waals surface area (Å²) in [5, 5.41) is 3.13. The third-order valence-electron chi connectivity index (χ3n) is 3.84. The fourth-order valence-corrected chi connectivity index (χ4v) is 2.79. The number of nitrogens with one attached hydrogen (secondary N) is 1. The highest BCUT2D eigenvalue weighted by Crippen LogP contribution is 2.16. The Labute approximate surface area is 139 Å². The van der Waals surface area contributed by atoms with Gasteiger partial charge in [0.15, 0.2) is 5.96 Å². The van der Waals surface area contributed by atoms with Crippen LogP contribution in [0.2, 0.25) is 0 Å². The SMILES string of the molecule is CC(CN=C(N)Nc1ccc(OC(C)C)cc1)CN1CCCC1. The predicted octanol–water partition coefficient (Wildman–Crippen LogP) is 2.93. The van der Waals surface area contributed by atoms with Gasteiger partial charge in [0.1, 0.15) is 5.75 Å². The number of ether oxygens (including phenoxy) is 1. The summed E-state index contributed by atoms with van der Waals surface area (Å²) >= 11 is 0. The van der Waals surface area contributed by atoms with Crippen molar-refractivity contribution in [1.82, 2.24) is 4.90 Å². The maximum atomic E-state index is 5.97. The molecule has 1 saturated heterocycles. The number of rotatable bonds is 7. The quantitative estimate of drug-likeness (QED) is 0.599. The average molecular weight is 318 g/mol. The number of nitrogens with two attached hydrogens (primary N) is 1. The van der Waals surface area contributed by atoms with Crippen molar-refractivity contribution in [3.05, 3.63) is 24.3 Å². The first-order chi connectivity index (χ1) is 11.0. The van der Waals surface area contributed by atoms with Gasteiger partial charge < -0.3 is 20.7 Å². The second kappa shape index (κ2) is 8.77. The van der Waals surface area contributed by atoms with Crippen LogP contribution in [0, 0.1) is 5.92 Å². The molecular formula is C18H30N4O. The molecule has 0 aliphatic carbocycles. The molecule has 0 saturated carbocycles. The minimum atomic E-state index is 0.178. The number of likely N-dealkylation sites (tertiary alicyclic amines) is 1. The third-order valence-corrected chi connectivity index (χ3v) is 3.84. The summed E-state index contributed by atoms with van der Waals surface area (Å²) in [6.07, 6.45) is 2.84. The molecule has 0 aromatic heterocycles. The van der Waals surface area contributed by atoms with Gasteiger partial charge in [-0.3, -0.25) is 4.99 Å². The van der Waals surface area contributed by atoms with Crippen LogP contribution in [0.4, 0.5) is 5.69 Å². The molecule has 0 amide bonds. The first-order valence-corrected chi connectivity index (χ1v) is 8.59. The maximum Gasteiger partial charge on any atom is 0.193 e. The number of guanidine groups is 1. The van der Waals surface area contributed by atoms with E-state index in [9.17, 15) is 0 Å². The van der Waals surface area contributed by atoms with E-state index in [-0.39, 0.29) is 6.10 Å². The van der Waals surface area contributed by atoms with Gasteiger partial charge in [-0.15, -0.1) is 0 Å². The van der Waals surface area contributed by atoms with Crippen LogP contribution in [0.3, 0.4) is 0 Å². The highest BCUT2D eigenvalue weighted by atomic mass is 16.5. The number of anilines is 1. The van der Waals surface area contributed by atoms with Crippen molar-refractivity contribution in [2.45, 2.75) is 39.7 Å². The number of hydrogen-bond donors (Lipinski definition) is 2. The highest BCUT2D eigenvalue weighted by Gasteiger charge is 2.14. The Morgan fingerprint density at radius 2 is 1.87 bits per heavy atom. The van der Waals surface area contributed by atoms with Gasteiger partial charge >= 0.3 is 0 Å². The van der Waals surface area contributed by atoms with Crippen molar-refractivity contribution < 1.29 is 4.74 Å². The summed E-state index contributed by atoms with van der Waals surface area (Å²) in [6, 6.07) is 7.78. The van der Waals surface area contributed by atoms with Crippen molar-refractivity contribution in [3.8, 4) is 5.75 Å². The second-order valence-corrected chi connectivity index (χ2v) is 6.65. The van der Waals surface area contributed by atoms with E-state index in [1.54, 1.807) is 0 Å². The van der Waals surface area contributed by atoms with Crippen LogP contribution >= 0.6 is 0 Å². The molecule has 1 aliphatic rings. The number of aliphatic imine (C=N–C) groups is 1. The summed E-state index contributed by atoms with van der Waals surface area (Å²) in [5.41, 5.74) is 6.90. The van der Waals surface area contributed by atoms with Crippen molar-refractivity contribution in [3.63, 3.8) is 0 Å². The molecule has 23 heavy (non-hydrogen) atoms. The van der Waals surface area contributed by atoms with Gasteiger partial charge in [0, 0.05) is 18.8 Å². The van der Waals surface area contributed by atoms with Crippen molar-refractivity contribution in [1.29, 1.82) is 0 Å². The maximum absolute atomic E-state index is 5.97. The monoisotopic (exact) mass is 318 g/mol. The van der Waals surface area contributed by atoms with E-state index in [0.29, 0.717) is 11.9 Å². The van der Waals surface area contributed by atoms with Gasteiger partial charge in [0.25, 0.3) is 0 Å². The molecule has 0 spiro atoms. The minimum absolute atomic E-state index is 0.178. The van der Waals surface area contributed by atoms with Crippen LogP contribution in [0.25, 0.3) is 0 Å². The molecule has 1 unspecified atom stereocenters. The lowest BCUT2D eigenvalue weighted by Gasteiger charge is -2.18. The van der Waals surface area contributed by atoms with E-state index < -0.39 is 0 Å². The largest absolute Gasteiger partial charge is 0.491 e. The minimum Gasteiger partial charge on any atom is -0.491 e. The summed E-state index contributed by atoms with van der Waals surface area (Å²) in [7, 11) is 0. The van der Waals surface area contributed by atoms with Crippen molar-refractivity contribution >= 4 is 11.6 Å². The molecule has 1 aromatic carbocycles. The van der Waals surface area contributed by atoms with Gasteiger partial charge in [-0.1, -0.05) is 6.92 Å². The molecule has 5 heteroatoms. The predicted molar refractivity (Wildman–Crippen MR) is 97.2 cm³/mol. The van der Waals surface area contributed by atoms with Gasteiger partial charge in [0.2, 0.25) is 0 Å². The fourth-order valence-electron chi connectivity index (χ4n) is 2.79. The summed E-state index contributed by atoms with van der Waals surface area (Å²) < 4.78 is 5.62. The Morgan fingerprint density at radius 3 is 2.48 bits per heavy atom. The standard InChI is InChI=1S/C18H30N4O/c1-14(2)23-17-8-6-16(7-9-17)21-18(19)20-12-15(3)13-22-10-4-5-11-22/h6-9,14-15H,4-5,10-13H2,1-3H3,(H3,19,20,21). The van der Waals surface area contributed by atoms with E-state index in [0.717, 1.165) is 24.5 Å². The summed E-state index contributed by atoms with van der Waals surface area (Å²) in [4.78, 5) is 6.97. The number of benzene rings is 1. The van der Waals surface area contributed by atoms with Crippen molar-refractivity contribution in [2.24, 2.45) is 16.6 Å². The Kier molecular flexibility index (Phi) is 6.71. The lowest BCUT2D eigenvalue weighted by molar-refractivity contribution is 0.242. The molecule has 3 N–H and O–H groups in total. The van der Waals surface area contributed by atoms with Gasteiger partial charge in [-0.2, -0.15) is 0 Å². The Hall–Kier alpha value is -1.75. The van der Waals surface area contributed by atoms with Crippen LogP contribution in [0.5, 0.6) is 5.75 Å². The van der Waals surface area contributed by atoms with E-state index in [2.05, 4.69) is 22.1 Å². The fraction of sp³-hybridized carbons (Fsp3) is 0.611. The molecule has 1 aromatic rings. The molecule has 1 aliphatic heterocycles. The smallest absolute Gasteiger partial charge is 0.193 e. The lowest BCUT2D eigenvalue weighted by Crippen LogP contribution is -2.28. The van der Waals surface area contributed by atoms with E-state index in [4.69, 9.17) is 10.5 Å². The topological polar surface area (TPSA) is 62.9 Å². The first kappa shape index (κ1) is 17.6. The van der Waals surface area contributed by atoms with Gasteiger partial charge in [-0.25, -0.2) is 0 Å². The zero-order valence-electron chi connectivity index (χ0n) is 14.6. The number of nitrogens with zero attached hydrogens (tertiary/aromatic N) is 2. The number of hydrogen-bond acceptors (Lipinski definition) is 3. The molecule has 128 valence electrons. The van der Waals surface area contributed by atoms with Crippen molar-refractivity contribution in [2.75, 3.05) is 31.5 Å². The van der Waals surface area contributed by atoms with E-state index in [1.165, 1.54) is 25.9 Å². The Morgan fingerprint density at radius 1 is 1.22 bits per heavy atom. The van der Waals surface area contributed by atoms with E-state index >= 15 is 0 Å². The van der Waals surface area contributed by atoms with Crippen LogP contribution in [0.1, 0.15) is 33.6 Å². The van der Waals surface area contributed by atoms with Gasteiger partial charge in [-0.05, 0) is 70.0 Å². The van der Waals surface area contributed by atoms with Crippen LogP contribution < -0.4 is 15.8 Å². The summed E-state index contributed by atoms with van der Waals surface area (Å²) in [6.45, 7) is 10.6. The lowest BCUT2D eigenvalue weighted by atomic mass is 10.2. The normalized spacial score (nSPS) is 17.5. The molecule has 1 atom stereocenters. The first-order valence-electron chi connectivity index (χ1n) is 8.59. The van der Waals surface area contributed by atoms with Crippen LogP contribution in [-0.4, -0.2) is 43.1 Å². The second-order valence-electron chi connectivity index (χ2n) is 6.65. The summed E-state index contributed by atoms with van der Waals surface area (Å²) in [5.74, 6) is 1.85. The molecule has 1 heterocycles. The third kappa shape index (κ3) is 6.48. The average Bonchev–Trinajstić information content (AvgIpc) is 2.99. The van der Waals surface area contributed by atoms with Crippen LogP contribution in [-0.2, 0) is 0 Å². The molecule has 5 nitrogen and oxygen atoms in total. The highest BCUT2D eigenvalue weighted by molar-refractivity contribution is 5.92. The van der Waals surface area contributed by atoms with Gasteiger partial charge in [0.05, 0.1) is 6.10 Å². The zero-order chi connectivity index (χ0) is 16.7. The molecule has 0 radical (unpaired) electrons. The molecule has 1 fully saturated rings. The van der Waals surface area contributed by atoms with Crippen LogP contribution in [0.15, 0.2) is 29.3 Å². The Balaban J connectivity index is 1.77.